The molecule has 3 N–H and O–H groups in total. The average Bonchev–Trinajstić information content (AvgIpc) is 2.11. The summed E-state index contributed by atoms with van der Waals surface area (Å²) in [5, 5.41) is 8.38. The Labute approximate surface area is 74.3 Å². The highest BCUT2D eigenvalue weighted by atomic mass is 16.4. The Hall–Kier alpha value is -1.74. The largest absolute Gasteiger partial charge is 0.480 e. The van der Waals surface area contributed by atoms with Gasteiger partial charge in [-0.3, -0.25) is 4.79 Å². The van der Waals surface area contributed by atoms with E-state index in [0.717, 1.165) is 6.21 Å². The molecule has 0 fully saturated rings. The summed E-state index contributed by atoms with van der Waals surface area (Å²) < 4.78 is 0. The van der Waals surface area contributed by atoms with E-state index in [1.54, 1.807) is 0 Å². The van der Waals surface area contributed by atoms with E-state index in [0.29, 0.717) is 0 Å². The lowest BCUT2D eigenvalue weighted by molar-refractivity contribution is -0.138. The van der Waals surface area contributed by atoms with Crippen molar-refractivity contribution in [3.63, 3.8) is 0 Å². The third kappa shape index (κ3) is 4.66. The Kier molecular flexibility index (Phi) is 5.07. The molecule has 0 aromatic heterocycles. The van der Waals surface area contributed by atoms with Gasteiger partial charge in [0.2, 0.25) is 0 Å². The molecule has 0 aliphatic carbocycles. The second kappa shape index (κ2) is 5.85. The maximum Gasteiger partial charge on any atom is 0.320 e. The first-order valence-electron chi connectivity index (χ1n) is 3.51. The van der Waals surface area contributed by atoms with Crippen molar-refractivity contribution in [2.24, 2.45) is 5.73 Å². The van der Waals surface area contributed by atoms with Crippen molar-refractivity contribution in [1.82, 2.24) is 0 Å². The van der Waals surface area contributed by atoms with Crippen molar-refractivity contribution in [3.8, 4) is 0 Å². The summed E-state index contributed by atoms with van der Waals surface area (Å²) >= 11 is 0. The molecular formula is C7H9N3O3. The minimum atomic E-state index is -1.13. The highest BCUT2D eigenvalue weighted by molar-refractivity contribution is 5.85. The molecule has 0 amide bonds. The molecule has 1 atom stereocenters. The lowest BCUT2D eigenvalue weighted by atomic mass is 10.1. The monoisotopic (exact) mass is 183 g/mol. The maximum atomic E-state index is 10.2. The van der Waals surface area contributed by atoms with Crippen molar-refractivity contribution >= 4 is 18.1 Å². The molecule has 0 spiro atoms. The van der Waals surface area contributed by atoms with Crippen LogP contribution in [0.1, 0.15) is 12.8 Å². The van der Waals surface area contributed by atoms with E-state index in [1.165, 1.54) is 5.94 Å². The fourth-order valence-corrected chi connectivity index (χ4v) is 0.646. The van der Waals surface area contributed by atoms with Crippen LogP contribution >= 0.6 is 0 Å². The van der Waals surface area contributed by atoms with Gasteiger partial charge in [-0.15, -0.1) is 0 Å². The molecule has 0 aliphatic rings. The SMILES string of the molecule is [N-]=[N+]=CC(=C=O)CC[C@@H](N)C(=O)O. The van der Waals surface area contributed by atoms with E-state index in [2.05, 4.69) is 4.79 Å². The number of hydrogen-bond acceptors (Lipinski definition) is 3. The minimum Gasteiger partial charge on any atom is -0.480 e. The second-order valence-electron chi connectivity index (χ2n) is 2.36. The zero-order chi connectivity index (χ0) is 10.3. The van der Waals surface area contributed by atoms with E-state index < -0.39 is 12.0 Å². The number of carbonyl (C=O) groups excluding carboxylic acids is 1. The predicted octanol–water partition coefficient (Wildman–Crippen LogP) is -0.763. The number of nitrogens with two attached hydrogens (primary N) is 1. The predicted molar refractivity (Wildman–Crippen MR) is 43.7 cm³/mol. The van der Waals surface area contributed by atoms with Gasteiger partial charge in [-0.2, -0.15) is 4.79 Å². The average molecular weight is 183 g/mol. The number of nitrogens with zero attached hydrogens (tertiary/aromatic N) is 2. The van der Waals surface area contributed by atoms with Crippen LogP contribution in [0.5, 0.6) is 0 Å². The molecule has 0 heterocycles. The van der Waals surface area contributed by atoms with Gasteiger partial charge < -0.3 is 16.4 Å². The standard InChI is InChI=1S/C7H9N3O3/c8-6(7(12)13)2-1-5(4-11)3-10-9/h3,6H,1-2,8H2,(H,12,13)/t6-/m1/s1. The Balaban J connectivity index is 4.08. The summed E-state index contributed by atoms with van der Waals surface area (Å²) in [6, 6.07) is -1.02. The molecule has 0 aliphatic heterocycles. The van der Waals surface area contributed by atoms with E-state index >= 15 is 0 Å². The van der Waals surface area contributed by atoms with Crippen molar-refractivity contribution in [1.29, 1.82) is 0 Å². The highest BCUT2D eigenvalue weighted by Gasteiger charge is 2.12. The Morgan fingerprint density at radius 1 is 1.77 bits per heavy atom. The molecule has 0 radical (unpaired) electrons. The number of carboxylic acid groups (broad SMARTS) is 1. The molecule has 13 heavy (non-hydrogen) atoms. The van der Waals surface area contributed by atoms with E-state index in [4.69, 9.17) is 16.4 Å². The Morgan fingerprint density at radius 3 is 2.77 bits per heavy atom. The van der Waals surface area contributed by atoms with Gasteiger partial charge >= 0.3 is 5.97 Å². The lowest BCUT2D eigenvalue weighted by Gasteiger charge is -2.02. The van der Waals surface area contributed by atoms with Gasteiger partial charge in [0.25, 0.3) is 6.21 Å². The van der Waals surface area contributed by atoms with Gasteiger partial charge in [0.15, 0.2) is 0 Å². The molecule has 6 heteroatoms. The number of carbonyl (C=O) groups is 1. The van der Waals surface area contributed by atoms with Gasteiger partial charge in [0.1, 0.15) is 17.6 Å². The number of hydrogen-bond donors (Lipinski definition) is 2. The molecule has 0 rings (SSSR count). The lowest BCUT2D eigenvalue weighted by Crippen LogP contribution is -2.29. The van der Waals surface area contributed by atoms with Gasteiger partial charge in [0, 0.05) is 0 Å². The third-order valence-corrected chi connectivity index (χ3v) is 1.39. The zero-order valence-corrected chi connectivity index (χ0v) is 6.80. The fraction of sp³-hybridized carbons (Fsp3) is 0.429. The van der Waals surface area contributed by atoms with Crippen LogP contribution in [0.2, 0.25) is 0 Å². The van der Waals surface area contributed by atoms with Crippen LogP contribution in [0.3, 0.4) is 0 Å². The number of carboxylic acids is 1. The van der Waals surface area contributed by atoms with Crippen LogP contribution in [0, 0.1) is 0 Å². The van der Waals surface area contributed by atoms with Crippen molar-refractivity contribution < 1.29 is 19.5 Å². The molecule has 0 aromatic carbocycles. The van der Waals surface area contributed by atoms with Gasteiger partial charge in [0.05, 0.1) is 0 Å². The summed E-state index contributed by atoms with van der Waals surface area (Å²) in [6.45, 7) is 0. The number of aliphatic carboxylic acids is 1. The Morgan fingerprint density at radius 2 is 2.38 bits per heavy atom. The van der Waals surface area contributed by atoms with Crippen molar-refractivity contribution in [2.45, 2.75) is 18.9 Å². The maximum absolute atomic E-state index is 10.2. The normalized spacial score (nSPS) is 10.8. The van der Waals surface area contributed by atoms with Gasteiger partial charge in [-0.25, -0.2) is 4.79 Å². The second-order valence-corrected chi connectivity index (χ2v) is 2.36. The summed E-state index contributed by atoms with van der Waals surface area (Å²) in [7, 11) is 0. The summed E-state index contributed by atoms with van der Waals surface area (Å²) in [5.74, 6) is 0.373. The van der Waals surface area contributed by atoms with Crippen LogP contribution in [-0.2, 0) is 9.59 Å². The Bertz CT molecular complexity index is 287. The molecule has 70 valence electrons. The van der Waals surface area contributed by atoms with Crippen LogP contribution in [0.25, 0.3) is 5.53 Å². The van der Waals surface area contributed by atoms with E-state index in [-0.39, 0.29) is 18.4 Å². The molecule has 0 saturated heterocycles. The molecule has 0 unspecified atom stereocenters. The smallest absolute Gasteiger partial charge is 0.320 e. The van der Waals surface area contributed by atoms with Gasteiger partial charge in [-0.05, 0) is 12.8 Å². The quantitative estimate of drug-likeness (QED) is 0.252. The molecule has 0 saturated carbocycles. The topological polar surface area (TPSA) is 117 Å². The summed E-state index contributed by atoms with van der Waals surface area (Å²) in [6.07, 6.45) is 1.13. The van der Waals surface area contributed by atoms with Crippen molar-refractivity contribution in [2.75, 3.05) is 0 Å². The van der Waals surface area contributed by atoms with Crippen LogP contribution in [0.15, 0.2) is 5.57 Å². The molecule has 6 nitrogen and oxygen atoms in total. The molecular weight excluding hydrogens is 174 g/mol. The van der Waals surface area contributed by atoms with Crippen LogP contribution in [-0.4, -0.2) is 34.1 Å². The summed E-state index contributed by atoms with van der Waals surface area (Å²) in [4.78, 5) is 23.0. The van der Waals surface area contributed by atoms with Crippen LogP contribution in [0.4, 0.5) is 0 Å². The van der Waals surface area contributed by atoms with Crippen LogP contribution < -0.4 is 5.73 Å². The van der Waals surface area contributed by atoms with Gasteiger partial charge in [-0.1, -0.05) is 0 Å². The third-order valence-electron chi connectivity index (χ3n) is 1.39. The first kappa shape index (κ1) is 11.3. The first-order valence-corrected chi connectivity index (χ1v) is 3.51. The van der Waals surface area contributed by atoms with E-state index in [1.807, 2.05) is 0 Å². The van der Waals surface area contributed by atoms with E-state index in [9.17, 15) is 9.59 Å². The molecule has 0 aromatic rings. The minimum absolute atomic E-state index is 0.0826. The first-order chi connectivity index (χ1) is 6.11. The zero-order valence-electron chi connectivity index (χ0n) is 6.80. The summed E-state index contributed by atoms with van der Waals surface area (Å²) in [5.41, 5.74) is 13.3. The van der Waals surface area contributed by atoms with Crippen molar-refractivity contribution in [3.05, 3.63) is 11.1 Å². The number of rotatable bonds is 5. The number of allylic oxidation sites excluding steroid dienone is 1. The molecule has 0 bridgehead atoms. The fourth-order valence-electron chi connectivity index (χ4n) is 0.646. The highest BCUT2D eigenvalue weighted by Crippen LogP contribution is 2.00.